The van der Waals surface area contributed by atoms with Crippen LogP contribution in [0.1, 0.15) is 35.9 Å². The van der Waals surface area contributed by atoms with E-state index in [9.17, 15) is 4.39 Å². The Morgan fingerprint density at radius 1 is 1.33 bits per heavy atom. The number of nitrogens with zero attached hydrogens (tertiary/aromatic N) is 2. The summed E-state index contributed by atoms with van der Waals surface area (Å²) in [7, 11) is 0. The maximum atomic E-state index is 13.5. The van der Waals surface area contributed by atoms with Gasteiger partial charge in [-0.25, -0.2) is 4.39 Å². The van der Waals surface area contributed by atoms with Crippen molar-refractivity contribution in [1.29, 1.82) is 0 Å². The van der Waals surface area contributed by atoms with Gasteiger partial charge in [-0.05, 0) is 44.5 Å². The predicted molar refractivity (Wildman–Crippen MR) is 84.2 cm³/mol. The quantitative estimate of drug-likeness (QED) is 0.822. The first-order valence-corrected chi connectivity index (χ1v) is 7.58. The number of aromatic nitrogens is 2. The summed E-state index contributed by atoms with van der Waals surface area (Å²) in [5.74, 6) is -0.388. The second-order valence-corrected chi connectivity index (χ2v) is 5.64. The largest absolute Gasteiger partial charge is 0.313 e. The van der Waals surface area contributed by atoms with Gasteiger partial charge < -0.3 is 5.32 Å². The number of benzene rings is 1. The number of hydrogen-bond donors (Lipinski definition) is 1. The third-order valence-corrected chi connectivity index (χ3v) is 3.88. The van der Waals surface area contributed by atoms with Crippen molar-refractivity contribution in [2.45, 2.75) is 40.3 Å². The lowest BCUT2D eigenvalue weighted by atomic mass is 10.2. The van der Waals surface area contributed by atoms with Crippen LogP contribution in [0, 0.1) is 19.7 Å². The van der Waals surface area contributed by atoms with Crippen molar-refractivity contribution in [1.82, 2.24) is 15.1 Å². The Hall–Kier alpha value is -1.39. The van der Waals surface area contributed by atoms with Crippen LogP contribution in [-0.2, 0) is 13.1 Å². The summed E-state index contributed by atoms with van der Waals surface area (Å²) < 4.78 is 15.4. The van der Waals surface area contributed by atoms with E-state index in [0.717, 1.165) is 36.5 Å². The molecule has 0 saturated carbocycles. The fourth-order valence-corrected chi connectivity index (χ4v) is 2.46. The van der Waals surface area contributed by atoms with E-state index in [1.54, 1.807) is 6.07 Å². The first-order chi connectivity index (χ1) is 10.0. The molecular formula is C16H21ClFN3. The van der Waals surface area contributed by atoms with E-state index in [1.807, 2.05) is 17.7 Å². The summed E-state index contributed by atoms with van der Waals surface area (Å²) in [5.41, 5.74) is 4.21. The minimum absolute atomic E-state index is 0.150. The topological polar surface area (TPSA) is 29.9 Å². The van der Waals surface area contributed by atoms with E-state index in [-0.39, 0.29) is 10.8 Å². The molecule has 0 atom stereocenters. The zero-order chi connectivity index (χ0) is 15.4. The zero-order valence-electron chi connectivity index (χ0n) is 12.7. The summed E-state index contributed by atoms with van der Waals surface area (Å²) in [6, 6.07) is 4.88. The van der Waals surface area contributed by atoms with Crippen molar-refractivity contribution in [2.75, 3.05) is 6.54 Å². The second-order valence-electron chi connectivity index (χ2n) is 5.23. The van der Waals surface area contributed by atoms with Crippen LogP contribution in [0.4, 0.5) is 4.39 Å². The van der Waals surface area contributed by atoms with Crippen molar-refractivity contribution in [2.24, 2.45) is 0 Å². The summed E-state index contributed by atoms with van der Waals surface area (Å²) >= 11 is 5.71. The molecule has 1 aromatic heterocycles. The van der Waals surface area contributed by atoms with Crippen LogP contribution >= 0.6 is 11.6 Å². The van der Waals surface area contributed by atoms with Crippen LogP contribution in [-0.4, -0.2) is 16.3 Å². The number of hydrogen-bond acceptors (Lipinski definition) is 2. The SMILES string of the molecule is CCCNCc1c(C)nn(Cc2ccc(Cl)c(F)c2)c1C. The Bertz CT molecular complexity index is 622. The van der Waals surface area contributed by atoms with Crippen LogP contribution in [0.3, 0.4) is 0 Å². The van der Waals surface area contributed by atoms with Gasteiger partial charge in [0.25, 0.3) is 0 Å². The van der Waals surface area contributed by atoms with Gasteiger partial charge in [-0.2, -0.15) is 5.10 Å². The molecule has 3 nitrogen and oxygen atoms in total. The summed E-state index contributed by atoms with van der Waals surface area (Å²) in [4.78, 5) is 0. The Labute approximate surface area is 130 Å². The maximum absolute atomic E-state index is 13.5. The van der Waals surface area contributed by atoms with E-state index in [2.05, 4.69) is 24.3 Å². The highest BCUT2D eigenvalue weighted by atomic mass is 35.5. The molecule has 1 aromatic carbocycles. The van der Waals surface area contributed by atoms with Crippen LogP contribution in [0.2, 0.25) is 5.02 Å². The van der Waals surface area contributed by atoms with Gasteiger partial charge in [-0.1, -0.05) is 24.6 Å². The van der Waals surface area contributed by atoms with Crippen molar-refractivity contribution >= 4 is 11.6 Å². The molecule has 1 N–H and O–H groups in total. The molecule has 0 aliphatic carbocycles. The standard InChI is InChI=1S/C16H21ClFN3/c1-4-7-19-9-14-11(2)20-21(12(14)3)10-13-5-6-15(17)16(18)8-13/h5-6,8,19H,4,7,9-10H2,1-3H3. The molecule has 0 aliphatic heterocycles. The summed E-state index contributed by atoms with van der Waals surface area (Å²) in [6.45, 7) is 8.57. The third kappa shape index (κ3) is 3.83. The molecule has 1 heterocycles. The van der Waals surface area contributed by atoms with E-state index in [1.165, 1.54) is 11.6 Å². The molecule has 0 unspecified atom stereocenters. The fraction of sp³-hybridized carbons (Fsp3) is 0.438. The minimum atomic E-state index is -0.388. The highest BCUT2D eigenvalue weighted by Gasteiger charge is 2.12. The van der Waals surface area contributed by atoms with Gasteiger partial charge in [0.15, 0.2) is 0 Å². The molecule has 21 heavy (non-hydrogen) atoms. The van der Waals surface area contributed by atoms with E-state index in [0.29, 0.717) is 6.54 Å². The molecule has 114 valence electrons. The number of aryl methyl sites for hydroxylation is 1. The number of nitrogens with one attached hydrogen (secondary N) is 1. The molecule has 2 rings (SSSR count). The molecule has 0 spiro atoms. The molecule has 5 heteroatoms. The molecule has 0 bridgehead atoms. The smallest absolute Gasteiger partial charge is 0.142 e. The lowest BCUT2D eigenvalue weighted by Crippen LogP contribution is -2.15. The normalized spacial score (nSPS) is 11.1. The predicted octanol–water partition coefficient (Wildman–Crippen LogP) is 3.84. The number of halogens is 2. The van der Waals surface area contributed by atoms with Gasteiger partial charge in [0.1, 0.15) is 5.82 Å². The average molecular weight is 310 g/mol. The molecule has 0 radical (unpaired) electrons. The lowest BCUT2D eigenvalue weighted by Gasteiger charge is -2.07. The number of rotatable bonds is 6. The molecule has 2 aromatic rings. The average Bonchev–Trinajstić information content (AvgIpc) is 2.70. The van der Waals surface area contributed by atoms with Gasteiger partial charge >= 0.3 is 0 Å². The van der Waals surface area contributed by atoms with E-state index >= 15 is 0 Å². The highest BCUT2D eigenvalue weighted by molar-refractivity contribution is 6.30. The molecular weight excluding hydrogens is 289 g/mol. The van der Waals surface area contributed by atoms with Crippen LogP contribution in [0.25, 0.3) is 0 Å². The van der Waals surface area contributed by atoms with Crippen molar-refractivity contribution < 1.29 is 4.39 Å². The monoisotopic (exact) mass is 309 g/mol. The zero-order valence-corrected chi connectivity index (χ0v) is 13.5. The molecule has 0 aliphatic rings. The van der Waals surface area contributed by atoms with Crippen molar-refractivity contribution in [3.63, 3.8) is 0 Å². The van der Waals surface area contributed by atoms with Gasteiger partial charge in [0.2, 0.25) is 0 Å². The Balaban J connectivity index is 2.16. The van der Waals surface area contributed by atoms with Crippen LogP contribution in [0.15, 0.2) is 18.2 Å². The Morgan fingerprint density at radius 2 is 2.10 bits per heavy atom. The maximum Gasteiger partial charge on any atom is 0.142 e. The van der Waals surface area contributed by atoms with Gasteiger partial charge in [0, 0.05) is 17.8 Å². The first kappa shape index (κ1) is 16.0. The molecule has 0 fully saturated rings. The van der Waals surface area contributed by atoms with Crippen molar-refractivity contribution in [3.05, 3.63) is 51.6 Å². The minimum Gasteiger partial charge on any atom is -0.313 e. The lowest BCUT2D eigenvalue weighted by molar-refractivity contribution is 0.615. The Morgan fingerprint density at radius 3 is 2.76 bits per heavy atom. The van der Waals surface area contributed by atoms with Crippen molar-refractivity contribution in [3.8, 4) is 0 Å². The van der Waals surface area contributed by atoms with Crippen LogP contribution in [0.5, 0.6) is 0 Å². The summed E-state index contributed by atoms with van der Waals surface area (Å²) in [5, 5.41) is 8.10. The van der Waals surface area contributed by atoms with Crippen LogP contribution < -0.4 is 5.32 Å². The highest BCUT2D eigenvalue weighted by Crippen LogP contribution is 2.18. The fourth-order valence-electron chi connectivity index (χ4n) is 2.34. The second kappa shape index (κ2) is 7.05. The van der Waals surface area contributed by atoms with Gasteiger partial charge in [0.05, 0.1) is 17.3 Å². The molecule has 0 saturated heterocycles. The van der Waals surface area contributed by atoms with Gasteiger partial charge in [-0.3, -0.25) is 4.68 Å². The first-order valence-electron chi connectivity index (χ1n) is 7.20. The summed E-state index contributed by atoms with van der Waals surface area (Å²) in [6.07, 6.45) is 1.11. The van der Waals surface area contributed by atoms with E-state index in [4.69, 9.17) is 11.6 Å². The molecule has 0 amide bonds. The van der Waals surface area contributed by atoms with Gasteiger partial charge in [-0.15, -0.1) is 0 Å². The van der Waals surface area contributed by atoms with E-state index < -0.39 is 0 Å². The Kier molecular flexibility index (Phi) is 5.37. The third-order valence-electron chi connectivity index (χ3n) is 3.58.